The zero-order chi connectivity index (χ0) is 13.2. The van der Waals surface area contributed by atoms with Crippen LogP contribution < -0.4 is 5.32 Å². The van der Waals surface area contributed by atoms with E-state index < -0.39 is 0 Å². The molecule has 0 saturated carbocycles. The number of hydrogen-bond acceptors (Lipinski definition) is 3. The van der Waals surface area contributed by atoms with Crippen molar-refractivity contribution >= 4 is 27.6 Å². The standard InChI is InChI=1S/C16H17N3/c1-3-8-18-16-11(2)10-12-6-7-14-13(15(12)19-16)5-4-9-17-14/h4-7,9-10H,3,8H2,1-2H3,(H,18,19). The van der Waals surface area contributed by atoms with Crippen molar-refractivity contribution in [2.75, 3.05) is 11.9 Å². The number of benzene rings is 1. The molecule has 0 fully saturated rings. The predicted octanol–water partition coefficient (Wildman–Crippen LogP) is 3.91. The summed E-state index contributed by atoms with van der Waals surface area (Å²) in [5.41, 5.74) is 3.20. The number of aromatic nitrogens is 2. The van der Waals surface area contributed by atoms with Gasteiger partial charge in [0.1, 0.15) is 5.82 Å². The molecule has 0 spiro atoms. The van der Waals surface area contributed by atoms with Crippen LogP contribution in [0.2, 0.25) is 0 Å². The highest BCUT2D eigenvalue weighted by molar-refractivity contribution is 6.04. The van der Waals surface area contributed by atoms with Crippen LogP contribution in [0.25, 0.3) is 21.8 Å². The third-order valence-electron chi connectivity index (χ3n) is 3.30. The summed E-state index contributed by atoms with van der Waals surface area (Å²) in [5, 5.41) is 5.67. The van der Waals surface area contributed by atoms with E-state index in [0.29, 0.717) is 0 Å². The fourth-order valence-corrected chi connectivity index (χ4v) is 2.32. The Labute approximate surface area is 112 Å². The molecular weight excluding hydrogens is 234 g/mol. The van der Waals surface area contributed by atoms with Crippen LogP contribution in [-0.4, -0.2) is 16.5 Å². The quantitative estimate of drug-likeness (QED) is 0.717. The van der Waals surface area contributed by atoms with E-state index >= 15 is 0 Å². The molecule has 1 aromatic carbocycles. The summed E-state index contributed by atoms with van der Waals surface area (Å²) >= 11 is 0. The van der Waals surface area contributed by atoms with Gasteiger partial charge in [-0.05, 0) is 43.2 Å². The molecule has 0 unspecified atom stereocenters. The minimum atomic E-state index is 0.947. The molecule has 2 heterocycles. The minimum Gasteiger partial charge on any atom is -0.370 e. The molecule has 0 atom stereocenters. The van der Waals surface area contributed by atoms with Gasteiger partial charge in [-0.2, -0.15) is 0 Å². The number of rotatable bonds is 3. The van der Waals surface area contributed by atoms with Gasteiger partial charge in [-0.15, -0.1) is 0 Å². The van der Waals surface area contributed by atoms with E-state index in [4.69, 9.17) is 4.98 Å². The van der Waals surface area contributed by atoms with E-state index in [-0.39, 0.29) is 0 Å². The van der Waals surface area contributed by atoms with E-state index in [9.17, 15) is 0 Å². The summed E-state index contributed by atoms with van der Waals surface area (Å²) < 4.78 is 0. The zero-order valence-electron chi connectivity index (χ0n) is 11.3. The molecule has 19 heavy (non-hydrogen) atoms. The first kappa shape index (κ1) is 11.9. The molecule has 1 N–H and O–H groups in total. The van der Waals surface area contributed by atoms with Gasteiger partial charge in [0.25, 0.3) is 0 Å². The van der Waals surface area contributed by atoms with Crippen LogP contribution in [0.5, 0.6) is 0 Å². The van der Waals surface area contributed by atoms with Crippen molar-refractivity contribution in [1.82, 2.24) is 9.97 Å². The van der Waals surface area contributed by atoms with Gasteiger partial charge in [-0.25, -0.2) is 4.98 Å². The Hall–Kier alpha value is -2.16. The second kappa shape index (κ2) is 4.84. The summed E-state index contributed by atoms with van der Waals surface area (Å²) in [6.07, 6.45) is 2.91. The Balaban J connectivity index is 2.25. The Morgan fingerprint density at radius 3 is 2.95 bits per heavy atom. The summed E-state index contributed by atoms with van der Waals surface area (Å²) in [6, 6.07) is 10.4. The van der Waals surface area contributed by atoms with Gasteiger partial charge in [0.15, 0.2) is 0 Å². The molecule has 0 aliphatic heterocycles. The number of aryl methyl sites for hydroxylation is 1. The lowest BCUT2D eigenvalue weighted by atomic mass is 10.1. The SMILES string of the molecule is CCCNc1nc2c(ccc3ncccc32)cc1C. The first-order valence-electron chi connectivity index (χ1n) is 6.68. The molecule has 0 aliphatic rings. The van der Waals surface area contributed by atoms with Gasteiger partial charge in [0.2, 0.25) is 0 Å². The van der Waals surface area contributed by atoms with Gasteiger partial charge >= 0.3 is 0 Å². The van der Waals surface area contributed by atoms with E-state index in [1.165, 1.54) is 10.9 Å². The van der Waals surface area contributed by atoms with Crippen LogP contribution in [0.1, 0.15) is 18.9 Å². The molecule has 0 radical (unpaired) electrons. The lowest BCUT2D eigenvalue weighted by Gasteiger charge is -2.10. The summed E-state index contributed by atoms with van der Waals surface area (Å²) in [6.45, 7) is 5.20. The van der Waals surface area contributed by atoms with Gasteiger partial charge in [0.05, 0.1) is 11.0 Å². The summed E-state index contributed by atoms with van der Waals surface area (Å²) in [4.78, 5) is 9.17. The third kappa shape index (κ3) is 2.12. The van der Waals surface area contributed by atoms with Crippen LogP contribution in [0.3, 0.4) is 0 Å². The van der Waals surface area contributed by atoms with Gasteiger partial charge in [-0.3, -0.25) is 4.98 Å². The van der Waals surface area contributed by atoms with Crippen LogP contribution in [0, 0.1) is 6.92 Å². The second-order valence-corrected chi connectivity index (χ2v) is 4.79. The van der Waals surface area contributed by atoms with Gasteiger partial charge in [-0.1, -0.05) is 13.0 Å². The van der Waals surface area contributed by atoms with Crippen LogP contribution in [0.4, 0.5) is 5.82 Å². The smallest absolute Gasteiger partial charge is 0.129 e. The molecular formula is C16H17N3. The maximum Gasteiger partial charge on any atom is 0.129 e. The van der Waals surface area contributed by atoms with Crippen LogP contribution in [-0.2, 0) is 0 Å². The molecule has 0 saturated heterocycles. The number of nitrogens with zero attached hydrogens (tertiary/aromatic N) is 2. The van der Waals surface area contributed by atoms with Crippen molar-refractivity contribution in [3.05, 3.63) is 42.1 Å². The van der Waals surface area contributed by atoms with Crippen LogP contribution >= 0.6 is 0 Å². The van der Waals surface area contributed by atoms with Crippen molar-refractivity contribution in [2.45, 2.75) is 20.3 Å². The van der Waals surface area contributed by atoms with Crippen molar-refractivity contribution in [3.63, 3.8) is 0 Å². The van der Waals surface area contributed by atoms with E-state index in [2.05, 4.69) is 48.4 Å². The lowest BCUT2D eigenvalue weighted by molar-refractivity contribution is 0.968. The molecule has 3 aromatic rings. The number of pyridine rings is 2. The molecule has 0 bridgehead atoms. The topological polar surface area (TPSA) is 37.8 Å². The molecule has 3 rings (SSSR count). The molecule has 96 valence electrons. The lowest BCUT2D eigenvalue weighted by Crippen LogP contribution is -2.04. The summed E-state index contributed by atoms with van der Waals surface area (Å²) in [7, 11) is 0. The maximum absolute atomic E-state index is 4.79. The Bertz CT molecular complexity index is 734. The van der Waals surface area contributed by atoms with Crippen molar-refractivity contribution in [3.8, 4) is 0 Å². The highest BCUT2D eigenvalue weighted by atomic mass is 15.0. The number of anilines is 1. The molecule has 0 amide bonds. The average molecular weight is 251 g/mol. The monoisotopic (exact) mass is 251 g/mol. The average Bonchev–Trinajstić information content (AvgIpc) is 2.45. The van der Waals surface area contributed by atoms with Crippen molar-refractivity contribution in [2.24, 2.45) is 0 Å². The second-order valence-electron chi connectivity index (χ2n) is 4.79. The first-order chi connectivity index (χ1) is 9.29. The maximum atomic E-state index is 4.79. The Morgan fingerprint density at radius 1 is 1.21 bits per heavy atom. The number of fused-ring (bicyclic) bond motifs is 3. The fourth-order valence-electron chi connectivity index (χ4n) is 2.32. The number of nitrogens with one attached hydrogen (secondary N) is 1. The van der Waals surface area contributed by atoms with Crippen LogP contribution in [0.15, 0.2) is 36.5 Å². The van der Waals surface area contributed by atoms with Gasteiger partial charge < -0.3 is 5.32 Å². The highest BCUT2D eigenvalue weighted by Gasteiger charge is 2.06. The first-order valence-corrected chi connectivity index (χ1v) is 6.68. The Kier molecular flexibility index (Phi) is 3.03. The molecule has 3 heteroatoms. The van der Waals surface area contributed by atoms with Crippen molar-refractivity contribution < 1.29 is 0 Å². The molecule has 3 nitrogen and oxygen atoms in total. The minimum absolute atomic E-state index is 0.947. The number of hydrogen-bond donors (Lipinski definition) is 1. The van der Waals surface area contributed by atoms with Gasteiger partial charge in [0, 0.05) is 23.5 Å². The largest absolute Gasteiger partial charge is 0.370 e. The van der Waals surface area contributed by atoms with E-state index in [1.54, 1.807) is 0 Å². The normalized spacial score (nSPS) is 11.1. The summed E-state index contributed by atoms with van der Waals surface area (Å²) in [5.74, 6) is 0.978. The van der Waals surface area contributed by atoms with Crippen molar-refractivity contribution in [1.29, 1.82) is 0 Å². The van der Waals surface area contributed by atoms with E-state index in [0.717, 1.165) is 35.2 Å². The predicted molar refractivity (Wildman–Crippen MR) is 80.6 cm³/mol. The fraction of sp³-hybridized carbons (Fsp3) is 0.250. The highest BCUT2D eigenvalue weighted by Crippen LogP contribution is 2.26. The molecule has 2 aromatic heterocycles. The molecule has 0 aliphatic carbocycles. The third-order valence-corrected chi connectivity index (χ3v) is 3.30. The van der Waals surface area contributed by atoms with E-state index in [1.807, 2.05) is 12.3 Å². The Morgan fingerprint density at radius 2 is 2.11 bits per heavy atom. The zero-order valence-corrected chi connectivity index (χ0v) is 11.3.